The number of allylic oxidation sites excluding steroid dienone is 5. The Morgan fingerprint density at radius 3 is 2.40 bits per heavy atom. The molecule has 5 bridgehead atoms. The summed E-state index contributed by atoms with van der Waals surface area (Å²) in [5, 5.41) is 40.7. The molecule has 16 nitrogen and oxygen atoms in total. The van der Waals surface area contributed by atoms with Crippen LogP contribution in [0.25, 0.3) is 10.8 Å². The monoisotopic (exact) mass is 968 g/mol. The summed E-state index contributed by atoms with van der Waals surface area (Å²) in [6, 6.07) is 0. The molecule has 2 aromatic carbocycles. The lowest BCUT2D eigenvalue weighted by Crippen LogP contribution is -2.43. The predicted molar refractivity (Wildman–Crippen MR) is 269 cm³/mol. The van der Waals surface area contributed by atoms with Crippen molar-refractivity contribution < 1.29 is 43.9 Å². The summed E-state index contributed by atoms with van der Waals surface area (Å²) in [4.78, 5) is 55.2. The van der Waals surface area contributed by atoms with E-state index in [0.717, 1.165) is 32.5 Å². The minimum atomic E-state index is -1.90. The first-order valence-electron chi connectivity index (χ1n) is 25.5. The van der Waals surface area contributed by atoms with Gasteiger partial charge in [-0.2, -0.15) is 0 Å². The maximum absolute atomic E-state index is 14.8. The summed E-state index contributed by atoms with van der Waals surface area (Å²) in [5.74, 6) is 1.90. The number of carbonyl (C=O) groups excluding carboxylic acids is 3. The van der Waals surface area contributed by atoms with Gasteiger partial charge in [-0.25, -0.2) is 5.84 Å². The van der Waals surface area contributed by atoms with Crippen molar-refractivity contribution in [2.24, 2.45) is 57.1 Å². The summed E-state index contributed by atoms with van der Waals surface area (Å²) in [5.41, 5.74) is 6.61. The molecule has 7 atom stereocenters. The van der Waals surface area contributed by atoms with Crippen molar-refractivity contribution in [2.45, 2.75) is 150 Å². The van der Waals surface area contributed by atoms with E-state index >= 15 is 0 Å². The number of rotatable bonds is 8. The average Bonchev–Trinajstić information content (AvgIpc) is 3.80. The molecule has 3 unspecified atom stereocenters. The van der Waals surface area contributed by atoms with Crippen LogP contribution in [0.15, 0.2) is 58.0 Å². The Morgan fingerprint density at radius 2 is 1.71 bits per heavy atom. The van der Waals surface area contributed by atoms with Gasteiger partial charge in [0.05, 0.1) is 28.7 Å². The standard InChI is InChI=1S/C54H77N7O9/c1-30(2)27-60-22-20-54(21-23-60)58-43-40-41-47(64)36(8)50-42(40)51(66)53(9,70-50)68-24-14-17-32(4)49(69-39(62)29-61(56)28-38(55)26-37-18-11-10-12-19-37)35(7)46(63)34(6)25-31(3)15-13-16-33(5)52(67)57-45(48(41)65)44(43)59-54/h13-16,24,28,30-32,34-35,37,46,49,63-65H,10-12,17-23,25-27,29,55-56H2,1-9H3,(H,57,67)/b15-13+,24-14+,33-16-,38-28-/t31?,32-,34-,35-,46?,49-,53?/m1/s1. The van der Waals surface area contributed by atoms with Gasteiger partial charge in [0.25, 0.3) is 11.7 Å². The van der Waals surface area contributed by atoms with Crippen molar-refractivity contribution in [3.05, 3.63) is 69.9 Å². The second kappa shape index (κ2) is 21.5. The van der Waals surface area contributed by atoms with E-state index < -0.39 is 53.0 Å². The minimum absolute atomic E-state index is 0.0120. The summed E-state index contributed by atoms with van der Waals surface area (Å²) in [6.07, 6.45) is 17.1. The number of nitrogens with zero attached hydrogens (tertiary/aromatic N) is 4. The van der Waals surface area contributed by atoms with Gasteiger partial charge < -0.3 is 50.5 Å². The Balaban J connectivity index is 1.24. The first kappa shape index (κ1) is 52.4. The van der Waals surface area contributed by atoms with E-state index in [1.807, 2.05) is 33.8 Å². The highest BCUT2D eigenvalue weighted by atomic mass is 16.7. The van der Waals surface area contributed by atoms with Crippen LogP contribution in [0.4, 0.5) is 5.69 Å². The van der Waals surface area contributed by atoms with E-state index in [2.05, 4.69) is 24.1 Å². The highest BCUT2D eigenvalue weighted by molar-refractivity contribution is 6.19. The highest BCUT2D eigenvalue weighted by Gasteiger charge is 2.50. The molecule has 0 radical (unpaired) electrons. The van der Waals surface area contributed by atoms with E-state index in [-0.39, 0.29) is 74.1 Å². The molecule has 2 fully saturated rings. The molecule has 6 aliphatic rings. The number of aliphatic hydroxyl groups excluding tert-OH is 1. The van der Waals surface area contributed by atoms with Crippen LogP contribution in [0.1, 0.15) is 136 Å². The largest absolute Gasteiger partial charge is 0.507 e. The van der Waals surface area contributed by atoms with Crippen LogP contribution in [-0.2, 0) is 19.1 Å². The summed E-state index contributed by atoms with van der Waals surface area (Å²) in [6.45, 7) is 19.0. The number of phenols is 2. The number of benzene rings is 2. The fourth-order valence-corrected chi connectivity index (χ4v) is 11.2. The number of hydrogen-bond acceptors (Lipinski definition) is 15. The molecule has 2 aromatic rings. The third-order valence-electron chi connectivity index (χ3n) is 15.1. The number of fused-ring (bicyclic) bond motifs is 13. The smallest absolute Gasteiger partial charge is 0.327 e. The maximum Gasteiger partial charge on any atom is 0.327 e. The molecule has 5 heterocycles. The van der Waals surface area contributed by atoms with E-state index in [4.69, 9.17) is 35.8 Å². The topological polar surface area (TPSA) is 235 Å². The van der Waals surface area contributed by atoms with Gasteiger partial charge in [-0.1, -0.05) is 91.9 Å². The van der Waals surface area contributed by atoms with Crippen LogP contribution in [0.3, 0.4) is 0 Å². The molecule has 1 amide bonds. The van der Waals surface area contributed by atoms with Crippen molar-refractivity contribution >= 4 is 34.1 Å². The third-order valence-corrected chi connectivity index (χ3v) is 15.1. The Bertz CT molecular complexity index is 2570. The van der Waals surface area contributed by atoms with E-state index in [0.29, 0.717) is 55.2 Å². The number of Topliss-reactive ketones (excluding diaryl/α,β-unsaturated/α-hetero) is 1. The number of esters is 1. The maximum atomic E-state index is 14.8. The number of aromatic hydroxyl groups is 2. The van der Waals surface area contributed by atoms with Gasteiger partial charge in [0.2, 0.25) is 0 Å². The Morgan fingerprint density at radius 1 is 1.03 bits per heavy atom. The number of hydrazine groups is 1. The third kappa shape index (κ3) is 11.2. The van der Waals surface area contributed by atoms with Gasteiger partial charge in [0.15, 0.2) is 11.4 Å². The number of ether oxygens (including phenoxy) is 3. The average molecular weight is 968 g/mol. The second-order valence-corrected chi connectivity index (χ2v) is 21.6. The molecule has 8 N–H and O–H groups in total. The Kier molecular flexibility index (Phi) is 16.1. The number of nitrogens with one attached hydrogen (secondary N) is 1. The molecule has 5 aliphatic heterocycles. The van der Waals surface area contributed by atoms with Gasteiger partial charge in [-0.05, 0) is 68.8 Å². The Labute approximate surface area is 412 Å². The number of anilines is 1. The highest BCUT2D eigenvalue weighted by Crippen LogP contribution is 2.50. The normalized spacial score (nSPS) is 29.7. The molecule has 8 rings (SSSR count). The minimum Gasteiger partial charge on any atom is -0.507 e. The lowest BCUT2D eigenvalue weighted by molar-refractivity contribution is -0.159. The van der Waals surface area contributed by atoms with Crippen LogP contribution < -0.4 is 32.3 Å². The molecule has 1 saturated carbocycles. The van der Waals surface area contributed by atoms with Crippen molar-refractivity contribution in [3.63, 3.8) is 0 Å². The van der Waals surface area contributed by atoms with Crippen molar-refractivity contribution in [1.82, 2.24) is 9.91 Å². The summed E-state index contributed by atoms with van der Waals surface area (Å²) < 4.78 is 18.7. The molecule has 0 aromatic heterocycles. The zero-order valence-electron chi connectivity index (χ0n) is 42.7. The SMILES string of the molecule is C/C1=C/C=C/C(C)C[C@@H](C)C(O)[C@@H](C)[C@H](OC(=O)CN(N)/C=C(\N)CC2CCCCC2)[C@H](C)C/C=C/OC2(C)Oc3c(C)c(O)c4c(O)c(c5c(c4c3C2=O)=NC2(CCN(CC(C)C)CC2)N=5)NC1=O. The van der Waals surface area contributed by atoms with Gasteiger partial charge in [0.1, 0.15) is 35.2 Å². The fraction of sp³-hybridized carbons (Fsp3) is 0.611. The van der Waals surface area contributed by atoms with E-state index in [9.17, 15) is 29.7 Å². The molecule has 70 heavy (non-hydrogen) atoms. The quantitative estimate of drug-likeness (QED) is 0.0673. The van der Waals surface area contributed by atoms with Gasteiger partial charge in [-0.15, -0.1) is 0 Å². The number of likely N-dealkylation sites (tertiary alicyclic amines) is 1. The molecular formula is C54H77N7O9. The number of amides is 1. The molecule has 382 valence electrons. The van der Waals surface area contributed by atoms with Crippen LogP contribution in [0.5, 0.6) is 17.2 Å². The van der Waals surface area contributed by atoms with E-state index in [1.54, 1.807) is 38.3 Å². The fourth-order valence-electron chi connectivity index (χ4n) is 11.2. The molecule has 1 spiro atoms. The first-order chi connectivity index (χ1) is 33.1. The van der Waals surface area contributed by atoms with Crippen molar-refractivity contribution in [3.8, 4) is 17.2 Å². The number of carbonyl (C=O) groups is 3. The number of aliphatic hydroxyl groups is 1. The van der Waals surface area contributed by atoms with Crippen molar-refractivity contribution in [2.75, 3.05) is 31.5 Å². The molecule has 1 saturated heterocycles. The number of hydrogen-bond donors (Lipinski definition) is 6. The zero-order valence-corrected chi connectivity index (χ0v) is 42.7. The zero-order chi connectivity index (χ0) is 50.8. The number of phenolic OH excluding ortho intramolecular Hbond substituents is 2. The van der Waals surface area contributed by atoms with Crippen LogP contribution >= 0.6 is 0 Å². The number of ketones is 1. The number of piperidine rings is 1. The van der Waals surface area contributed by atoms with Crippen molar-refractivity contribution in [1.29, 1.82) is 0 Å². The predicted octanol–water partition coefficient (Wildman–Crippen LogP) is 7.08. The lowest BCUT2D eigenvalue weighted by atomic mass is 9.80. The second-order valence-electron chi connectivity index (χ2n) is 21.6. The van der Waals surface area contributed by atoms with Crippen LogP contribution in [0, 0.1) is 42.4 Å². The van der Waals surface area contributed by atoms with Gasteiger partial charge >= 0.3 is 11.8 Å². The lowest BCUT2D eigenvalue weighted by Gasteiger charge is -2.36. The molecule has 16 heteroatoms. The summed E-state index contributed by atoms with van der Waals surface area (Å²) >= 11 is 0. The molecular weight excluding hydrogens is 891 g/mol. The number of nitrogens with two attached hydrogens (primary N) is 2. The van der Waals surface area contributed by atoms with Gasteiger partial charge in [0, 0.05) is 73.7 Å². The van der Waals surface area contributed by atoms with Crippen LogP contribution in [0.2, 0.25) is 0 Å². The first-order valence-corrected chi connectivity index (χ1v) is 25.5. The van der Waals surface area contributed by atoms with Crippen LogP contribution in [-0.4, -0.2) is 92.7 Å². The van der Waals surface area contributed by atoms with E-state index in [1.165, 1.54) is 37.5 Å². The summed E-state index contributed by atoms with van der Waals surface area (Å²) in [7, 11) is 0. The molecule has 1 aliphatic carbocycles. The van der Waals surface area contributed by atoms with Gasteiger partial charge in [-0.3, -0.25) is 24.4 Å². The Hall–Kier alpha value is -5.45.